The molecule has 0 aliphatic heterocycles. The summed E-state index contributed by atoms with van der Waals surface area (Å²) >= 11 is 0. The highest BCUT2D eigenvalue weighted by Gasteiger charge is 2.11. The summed E-state index contributed by atoms with van der Waals surface area (Å²) in [7, 11) is 2.07. The van der Waals surface area contributed by atoms with E-state index in [0.717, 1.165) is 27.8 Å². The molecule has 0 spiro atoms. The molecule has 1 N–H and O–H groups in total. The zero-order valence-electron chi connectivity index (χ0n) is 16.4. The molecule has 0 amide bonds. The Morgan fingerprint density at radius 3 is 2.76 bits per heavy atom. The number of hydrogen-bond donors (Lipinski definition) is 1. The van der Waals surface area contributed by atoms with Crippen molar-refractivity contribution in [2.45, 2.75) is 13.5 Å². The van der Waals surface area contributed by atoms with Gasteiger partial charge in [-0.25, -0.2) is 0 Å². The van der Waals surface area contributed by atoms with Crippen molar-refractivity contribution < 1.29 is 0 Å². The van der Waals surface area contributed by atoms with Gasteiger partial charge in [-0.2, -0.15) is 0 Å². The van der Waals surface area contributed by atoms with Crippen molar-refractivity contribution in [1.29, 1.82) is 0 Å². The summed E-state index contributed by atoms with van der Waals surface area (Å²) in [6.07, 6.45) is 9.30. The van der Waals surface area contributed by atoms with Crippen LogP contribution in [0.1, 0.15) is 11.1 Å². The second kappa shape index (κ2) is 7.02. The first-order valence-electron chi connectivity index (χ1n) is 9.62. The molecule has 5 rings (SSSR count). The summed E-state index contributed by atoms with van der Waals surface area (Å²) in [5.41, 5.74) is 8.61. The van der Waals surface area contributed by atoms with Gasteiger partial charge < -0.3 is 9.88 Å². The summed E-state index contributed by atoms with van der Waals surface area (Å²) in [5.74, 6) is 0. The lowest BCUT2D eigenvalue weighted by Crippen LogP contribution is -2.02. The van der Waals surface area contributed by atoms with Crippen molar-refractivity contribution in [2.24, 2.45) is 7.05 Å². The first kappa shape index (κ1) is 17.4. The Kier molecular flexibility index (Phi) is 4.21. The van der Waals surface area contributed by atoms with Crippen LogP contribution in [0.15, 0.2) is 73.4 Å². The summed E-state index contributed by atoms with van der Waals surface area (Å²) in [6.45, 7) is 2.81. The van der Waals surface area contributed by atoms with Crippen LogP contribution in [0.2, 0.25) is 0 Å². The van der Waals surface area contributed by atoms with E-state index in [1.807, 2.05) is 18.5 Å². The summed E-state index contributed by atoms with van der Waals surface area (Å²) < 4.78 is 2.14. The standard InChI is InChI=1S/C24H21N5/c1-16-5-7-25-14-19(16)15-28-20-12-21(24-22(13-20)26-8-9-27-24)18-4-3-17-6-10-29(2)23(17)11-18/h3-14,28H,15H2,1-2H3. The monoisotopic (exact) mass is 379 g/mol. The fourth-order valence-electron chi connectivity index (χ4n) is 3.71. The zero-order chi connectivity index (χ0) is 19.8. The van der Waals surface area contributed by atoms with Gasteiger partial charge in [0, 0.05) is 61.3 Å². The van der Waals surface area contributed by atoms with Gasteiger partial charge in [0.15, 0.2) is 0 Å². The molecule has 29 heavy (non-hydrogen) atoms. The van der Waals surface area contributed by atoms with Gasteiger partial charge in [0.25, 0.3) is 0 Å². The normalized spacial score (nSPS) is 11.2. The molecule has 0 bridgehead atoms. The van der Waals surface area contributed by atoms with Crippen molar-refractivity contribution in [1.82, 2.24) is 19.5 Å². The second-order valence-electron chi connectivity index (χ2n) is 7.30. The number of anilines is 1. The largest absolute Gasteiger partial charge is 0.381 e. The molecule has 0 saturated carbocycles. The van der Waals surface area contributed by atoms with Crippen LogP contribution in [0.25, 0.3) is 33.1 Å². The van der Waals surface area contributed by atoms with E-state index in [4.69, 9.17) is 0 Å². The van der Waals surface area contributed by atoms with Crippen LogP contribution in [-0.4, -0.2) is 19.5 Å². The van der Waals surface area contributed by atoms with Crippen LogP contribution >= 0.6 is 0 Å². The highest BCUT2D eigenvalue weighted by molar-refractivity contribution is 5.97. The van der Waals surface area contributed by atoms with Gasteiger partial charge in [-0.1, -0.05) is 12.1 Å². The van der Waals surface area contributed by atoms with Crippen LogP contribution < -0.4 is 5.32 Å². The van der Waals surface area contributed by atoms with E-state index in [9.17, 15) is 0 Å². The first-order chi connectivity index (χ1) is 14.2. The topological polar surface area (TPSA) is 55.6 Å². The molecule has 142 valence electrons. The number of rotatable bonds is 4. The van der Waals surface area contributed by atoms with Crippen molar-refractivity contribution in [3.63, 3.8) is 0 Å². The fraction of sp³-hybridized carbons (Fsp3) is 0.125. The average molecular weight is 379 g/mol. The molecule has 0 fully saturated rings. The minimum atomic E-state index is 0.710. The second-order valence-corrected chi connectivity index (χ2v) is 7.30. The van der Waals surface area contributed by atoms with Gasteiger partial charge in [-0.15, -0.1) is 0 Å². The van der Waals surface area contributed by atoms with Crippen LogP contribution in [0.4, 0.5) is 5.69 Å². The Morgan fingerprint density at radius 1 is 0.966 bits per heavy atom. The minimum absolute atomic E-state index is 0.710. The van der Waals surface area contributed by atoms with Crippen LogP contribution in [-0.2, 0) is 13.6 Å². The molecule has 5 heteroatoms. The van der Waals surface area contributed by atoms with E-state index in [2.05, 4.69) is 81.4 Å². The predicted octanol–water partition coefficient (Wildman–Crippen LogP) is 5.10. The Bertz CT molecular complexity index is 1340. The van der Waals surface area contributed by atoms with Gasteiger partial charge in [-0.3, -0.25) is 15.0 Å². The third kappa shape index (κ3) is 3.21. The van der Waals surface area contributed by atoms with Crippen molar-refractivity contribution in [3.8, 4) is 11.1 Å². The zero-order valence-corrected chi connectivity index (χ0v) is 16.4. The molecule has 0 radical (unpaired) electrons. The molecule has 3 heterocycles. The fourth-order valence-corrected chi connectivity index (χ4v) is 3.71. The molecule has 0 unspecified atom stereocenters. The molecule has 0 saturated heterocycles. The number of nitrogens with zero attached hydrogens (tertiary/aromatic N) is 4. The molecule has 0 aliphatic rings. The van der Waals surface area contributed by atoms with E-state index in [-0.39, 0.29) is 0 Å². The lowest BCUT2D eigenvalue weighted by atomic mass is 10.0. The number of nitrogens with one attached hydrogen (secondary N) is 1. The SMILES string of the molecule is Cc1ccncc1CNc1cc(-c2ccc3ccn(C)c3c2)c2nccnc2c1. The number of aromatic nitrogens is 4. The van der Waals surface area contributed by atoms with Crippen molar-refractivity contribution >= 4 is 27.6 Å². The van der Waals surface area contributed by atoms with E-state index in [1.165, 1.54) is 22.0 Å². The van der Waals surface area contributed by atoms with E-state index in [1.54, 1.807) is 12.4 Å². The molecular weight excluding hydrogens is 358 g/mol. The van der Waals surface area contributed by atoms with Gasteiger partial charge >= 0.3 is 0 Å². The highest BCUT2D eigenvalue weighted by atomic mass is 14.9. The molecule has 0 aliphatic carbocycles. The third-order valence-electron chi connectivity index (χ3n) is 5.40. The predicted molar refractivity (Wildman–Crippen MR) is 118 cm³/mol. The highest BCUT2D eigenvalue weighted by Crippen LogP contribution is 2.32. The average Bonchev–Trinajstić information content (AvgIpc) is 3.13. The van der Waals surface area contributed by atoms with E-state index >= 15 is 0 Å². The molecular formula is C24H21N5. The smallest absolute Gasteiger partial charge is 0.0966 e. The quantitative estimate of drug-likeness (QED) is 0.472. The lowest BCUT2D eigenvalue weighted by molar-refractivity contribution is 0.969. The molecule has 2 aromatic carbocycles. The van der Waals surface area contributed by atoms with E-state index < -0.39 is 0 Å². The number of fused-ring (bicyclic) bond motifs is 2. The van der Waals surface area contributed by atoms with Gasteiger partial charge in [0.2, 0.25) is 0 Å². The van der Waals surface area contributed by atoms with Gasteiger partial charge in [-0.05, 0) is 59.3 Å². The van der Waals surface area contributed by atoms with Crippen LogP contribution in [0.3, 0.4) is 0 Å². The van der Waals surface area contributed by atoms with Crippen molar-refractivity contribution in [2.75, 3.05) is 5.32 Å². The molecule has 5 aromatic rings. The Labute approximate surface area is 169 Å². The molecule has 0 atom stereocenters. The van der Waals surface area contributed by atoms with E-state index in [0.29, 0.717) is 6.54 Å². The Balaban J connectivity index is 1.60. The summed E-state index contributed by atoms with van der Waals surface area (Å²) in [5, 5.41) is 4.76. The maximum Gasteiger partial charge on any atom is 0.0966 e. The minimum Gasteiger partial charge on any atom is -0.381 e. The summed E-state index contributed by atoms with van der Waals surface area (Å²) in [6, 6.07) is 14.9. The lowest BCUT2D eigenvalue weighted by Gasteiger charge is -2.13. The van der Waals surface area contributed by atoms with Gasteiger partial charge in [0.05, 0.1) is 11.0 Å². The third-order valence-corrected chi connectivity index (χ3v) is 5.40. The maximum absolute atomic E-state index is 4.61. The first-order valence-corrected chi connectivity index (χ1v) is 9.62. The Morgan fingerprint density at radius 2 is 1.86 bits per heavy atom. The Hall–Kier alpha value is -3.73. The van der Waals surface area contributed by atoms with Crippen LogP contribution in [0, 0.1) is 6.92 Å². The molecule has 5 nitrogen and oxygen atoms in total. The number of hydrogen-bond acceptors (Lipinski definition) is 4. The van der Waals surface area contributed by atoms with Crippen molar-refractivity contribution in [3.05, 3.63) is 84.6 Å². The van der Waals surface area contributed by atoms with Gasteiger partial charge in [0.1, 0.15) is 0 Å². The molecule has 3 aromatic heterocycles. The number of pyridine rings is 1. The number of aryl methyl sites for hydroxylation is 2. The van der Waals surface area contributed by atoms with Crippen LogP contribution in [0.5, 0.6) is 0 Å². The summed E-state index contributed by atoms with van der Waals surface area (Å²) in [4.78, 5) is 13.4. The number of benzene rings is 2. The maximum atomic E-state index is 4.61.